The third kappa shape index (κ3) is 6.14. The van der Waals surface area contributed by atoms with Crippen molar-refractivity contribution >= 4 is 23.5 Å². The lowest BCUT2D eigenvalue weighted by Gasteiger charge is -2.21. The molecule has 0 radical (unpaired) electrons. The second-order valence-corrected chi connectivity index (χ2v) is 6.19. The SMILES string of the molecule is CC(C)(C)NCCC(=O)N[C@@H](C(=O)O)c1ccccc1Cl. The van der Waals surface area contributed by atoms with Gasteiger partial charge in [0.25, 0.3) is 0 Å². The largest absolute Gasteiger partial charge is 0.479 e. The number of carbonyl (C=O) groups excluding carboxylic acids is 1. The highest BCUT2D eigenvalue weighted by atomic mass is 35.5. The lowest BCUT2D eigenvalue weighted by Crippen LogP contribution is -2.40. The molecule has 21 heavy (non-hydrogen) atoms. The fraction of sp³-hybridized carbons (Fsp3) is 0.467. The molecular formula is C15H21ClN2O3. The van der Waals surface area contributed by atoms with E-state index in [1.807, 2.05) is 20.8 Å². The summed E-state index contributed by atoms with van der Waals surface area (Å²) in [6.45, 7) is 6.46. The van der Waals surface area contributed by atoms with Crippen molar-refractivity contribution in [2.24, 2.45) is 0 Å². The zero-order chi connectivity index (χ0) is 16.0. The molecule has 0 saturated carbocycles. The Morgan fingerprint density at radius 3 is 2.43 bits per heavy atom. The van der Waals surface area contributed by atoms with Gasteiger partial charge < -0.3 is 15.7 Å². The van der Waals surface area contributed by atoms with E-state index in [0.29, 0.717) is 17.1 Å². The molecule has 0 aliphatic carbocycles. The molecule has 5 nitrogen and oxygen atoms in total. The minimum Gasteiger partial charge on any atom is -0.479 e. The quantitative estimate of drug-likeness (QED) is 0.753. The maximum Gasteiger partial charge on any atom is 0.330 e. The lowest BCUT2D eigenvalue weighted by atomic mass is 10.1. The van der Waals surface area contributed by atoms with E-state index in [-0.39, 0.29) is 17.9 Å². The van der Waals surface area contributed by atoms with Crippen molar-refractivity contribution in [2.45, 2.75) is 38.8 Å². The van der Waals surface area contributed by atoms with Gasteiger partial charge in [-0.3, -0.25) is 4.79 Å². The Labute approximate surface area is 129 Å². The van der Waals surface area contributed by atoms with Gasteiger partial charge in [0.2, 0.25) is 5.91 Å². The van der Waals surface area contributed by atoms with Crippen LogP contribution < -0.4 is 10.6 Å². The average Bonchev–Trinajstić information content (AvgIpc) is 2.35. The molecule has 0 unspecified atom stereocenters. The van der Waals surface area contributed by atoms with Crippen LogP contribution in [0.25, 0.3) is 0 Å². The summed E-state index contributed by atoms with van der Waals surface area (Å²) in [6, 6.07) is 5.44. The third-order valence-electron chi connectivity index (χ3n) is 2.78. The number of amides is 1. The van der Waals surface area contributed by atoms with Crippen LogP contribution in [-0.2, 0) is 9.59 Å². The van der Waals surface area contributed by atoms with Gasteiger partial charge in [-0.1, -0.05) is 29.8 Å². The molecule has 0 aliphatic rings. The molecule has 0 heterocycles. The van der Waals surface area contributed by atoms with E-state index in [4.69, 9.17) is 11.6 Å². The molecule has 1 aromatic carbocycles. The van der Waals surface area contributed by atoms with Crippen molar-refractivity contribution in [2.75, 3.05) is 6.54 Å². The van der Waals surface area contributed by atoms with Gasteiger partial charge in [-0.15, -0.1) is 0 Å². The molecule has 3 N–H and O–H groups in total. The van der Waals surface area contributed by atoms with Crippen LogP contribution in [0.4, 0.5) is 0 Å². The molecule has 0 aliphatic heterocycles. The molecule has 1 atom stereocenters. The van der Waals surface area contributed by atoms with Crippen molar-refractivity contribution in [3.05, 3.63) is 34.9 Å². The monoisotopic (exact) mass is 312 g/mol. The second-order valence-electron chi connectivity index (χ2n) is 5.79. The highest BCUT2D eigenvalue weighted by Crippen LogP contribution is 2.22. The number of benzene rings is 1. The van der Waals surface area contributed by atoms with Crippen molar-refractivity contribution in [3.63, 3.8) is 0 Å². The van der Waals surface area contributed by atoms with E-state index in [9.17, 15) is 14.7 Å². The van der Waals surface area contributed by atoms with Crippen LogP contribution in [0.15, 0.2) is 24.3 Å². The maximum atomic E-state index is 11.9. The first-order chi connectivity index (χ1) is 9.70. The molecule has 0 aromatic heterocycles. The minimum atomic E-state index is -1.14. The van der Waals surface area contributed by atoms with Crippen LogP contribution in [-0.4, -0.2) is 29.1 Å². The Morgan fingerprint density at radius 1 is 1.29 bits per heavy atom. The van der Waals surface area contributed by atoms with Crippen LogP contribution in [0.3, 0.4) is 0 Å². The van der Waals surface area contributed by atoms with Crippen LogP contribution >= 0.6 is 11.6 Å². The number of hydrogen-bond donors (Lipinski definition) is 3. The fourth-order valence-electron chi connectivity index (χ4n) is 1.77. The highest BCUT2D eigenvalue weighted by molar-refractivity contribution is 6.31. The zero-order valence-electron chi connectivity index (χ0n) is 12.4. The molecule has 1 aromatic rings. The molecule has 0 bridgehead atoms. The standard InChI is InChI=1S/C15H21ClN2O3/c1-15(2,3)17-9-8-12(19)18-13(14(20)21)10-6-4-5-7-11(10)16/h4-7,13,17H,8-9H2,1-3H3,(H,18,19)(H,20,21)/t13-/m1/s1. The van der Waals surface area contributed by atoms with Crippen LogP contribution in [0.1, 0.15) is 38.8 Å². The van der Waals surface area contributed by atoms with E-state index in [2.05, 4.69) is 10.6 Å². The summed E-state index contributed by atoms with van der Waals surface area (Å²) in [4.78, 5) is 23.2. The van der Waals surface area contributed by atoms with E-state index in [1.54, 1.807) is 24.3 Å². The predicted octanol–water partition coefficient (Wildman–Crippen LogP) is 2.36. The van der Waals surface area contributed by atoms with Crippen molar-refractivity contribution in [1.29, 1.82) is 0 Å². The third-order valence-corrected chi connectivity index (χ3v) is 3.12. The molecule has 0 fully saturated rings. The molecule has 116 valence electrons. The fourth-order valence-corrected chi connectivity index (χ4v) is 2.01. The molecule has 0 spiro atoms. The highest BCUT2D eigenvalue weighted by Gasteiger charge is 2.24. The van der Waals surface area contributed by atoms with Crippen molar-refractivity contribution < 1.29 is 14.7 Å². The number of carboxylic acids is 1. The Bertz CT molecular complexity index is 512. The van der Waals surface area contributed by atoms with Gasteiger partial charge in [-0.25, -0.2) is 4.79 Å². The first-order valence-electron chi connectivity index (χ1n) is 6.72. The summed E-state index contributed by atoms with van der Waals surface area (Å²) in [5.74, 6) is -1.47. The Hall–Kier alpha value is -1.59. The Morgan fingerprint density at radius 2 is 1.90 bits per heavy atom. The van der Waals surface area contributed by atoms with E-state index in [1.165, 1.54) is 0 Å². The number of nitrogens with one attached hydrogen (secondary N) is 2. The summed E-state index contributed by atoms with van der Waals surface area (Å²) in [5.41, 5.74) is 0.290. The van der Waals surface area contributed by atoms with E-state index >= 15 is 0 Å². The number of rotatable bonds is 6. The predicted molar refractivity (Wildman–Crippen MR) is 82.3 cm³/mol. The van der Waals surface area contributed by atoms with Gasteiger partial charge in [0, 0.05) is 29.1 Å². The number of carboxylic acid groups (broad SMARTS) is 1. The Balaban J connectivity index is 2.66. The lowest BCUT2D eigenvalue weighted by molar-refractivity contribution is -0.142. The van der Waals surface area contributed by atoms with Gasteiger partial charge in [0.1, 0.15) is 0 Å². The molecule has 1 rings (SSSR count). The molecular weight excluding hydrogens is 292 g/mol. The Kier molecular flexibility index (Phi) is 6.18. The van der Waals surface area contributed by atoms with Gasteiger partial charge in [0.15, 0.2) is 6.04 Å². The van der Waals surface area contributed by atoms with Gasteiger partial charge in [0.05, 0.1) is 0 Å². The zero-order valence-corrected chi connectivity index (χ0v) is 13.2. The first-order valence-corrected chi connectivity index (χ1v) is 7.10. The summed E-state index contributed by atoms with van der Waals surface area (Å²) in [6.07, 6.45) is 0.200. The maximum absolute atomic E-state index is 11.9. The topological polar surface area (TPSA) is 78.4 Å². The number of hydrogen-bond acceptors (Lipinski definition) is 3. The second kappa shape index (κ2) is 7.43. The summed E-state index contributed by atoms with van der Waals surface area (Å²) >= 11 is 5.98. The van der Waals surface area contributed by atoms with Gasteiger partial charge >= 0.3 is 5.97 Å². The van der Waals surface area contributed by atoms with E-state index < -0.39 is 12.0 Å². The van der Waals surface area contributed by atoms with Crippen molar-refractivity contribution in [1.82, 2.24) is 10.6 Å². The van der Waals surface area contributed by atoms with Crippen molar-refractivity contribution in [3.8, 4) is 0 Å². The van der Waals surface area contributed by atoms with Gasteiger partial charge in [-0.2, -0.15) is 0 Å². The number of aliphatic carboxylic acids is 1. The molecule has 1 amide bonds. The number of halogens is 1. The smallest absolute Gasteiger partial charge is 0.330 e. The molecule has 0 saturated heterocycles. The summed E-state index contributed by atoms with van der Waals surface area (Å²) in [5, 5.41) is 15.3. The summed E-state index contributed by atoms with van der Waals surface area (Å²) in [7, 11) is 0. The normalized spacial score (nSPS) is 12.8. The minimum absolute atomic E-state index is 0.0881. The van der Waals surface area contributed by atoms with Crippen LogP contribution in [0, 0.1) is 0 Å². The van der Waals surface area contributed by atoms with Crippen LogP contribution in [0.2, 0.25) is 5.02 Å². The molecule has 6 heteroatoms. The first kappa shape index (κ1) is 17.5. The van der Waals surface area contributed by atoms with E-state index in [0.717, 1.165) is 0 Å². The number of carbonyl (C=O) groups is 2. The van der Waals surface area contributed by atoms with Gasteiger partial charge in [-0.05, 0) is 26.8 Å². The summed E-state index contributed by atoms with van der Waals surface area (Å²) < 4.78 is 0. The average molecular weight is 313 g/mol. The van der Waals surface area contributed by atoms with Crippen LogP contribution in [0.5, 0.6) is 0 Å².